The maximum Gasteiger partial charge on any atom is 0.0266 e. The molecule has 0 bridgehead atoms. The minimum Gasteiger partial charge on any atom is -0.324 e. The average Bonchev–Trinajstić information content (AvgIpc) is 1.90. The van der Waals surface area contributed by atoms with Crippen LogP contribution in [0.5, 0.6) is 0 Å². The summed E-state index contributed by atoms with van der Waals surface area (Å²) in [5.41, 5.74) is 6.73. The predicted molar refractivity (Wildman–Crippen MR) is 37.9 cm³/mol. The summed E-state index contributed by atoms with van der Waals surface area (Å²) in [4.78, 5) is 0. The molecule has 0 heterocycles. The molecule has 0 fully saturated rings. The number of rotatable bonds is 1. The van der Waals surface area contributed by atoms with Gasteiger partial charge in [0.15, 0.2) is 0 Å². The van der Waals surface area contributed by atoms with Crippen LogP contribution in [0, 0.1) is 6.07 Å². The van der Waals surface area contributed by atoms with Crippen LogP contribution in [0.2, 0.25) is 0 Å². The summed E-state index contributed by atoms with van der Waals surface area (Å²) < 4.78 is 0. The van der Waals surface area contributed by atoms with Crippen LogP contribution in [-0.2, 0) is 0 Å². The standard InChI is InChI=1S/C8H10N/c1-7(9)8-5-3-2-4-6-8/h2-3,5-7H,9H2,1H3/t7-/m0/s1. The van der Waals surface area contributed by atoms with Crippen molar-refractivity contribution in [3.8, 4) is 0 Å². The van der Waals surface area contributed by atoms with E-state index in [0.717, 1.165) is 5.56 Å². The van der Waals surface area contributed by atoms with Crippen molar-refractivity contribution < 1.29 is 0 Å². The van der Waals surface area contributed by atoms with Gasteiger partial charge < -0.3 is 5.73 Å². The predicted octanol–water partition coefficient (Wildman–Crippen LogP) is 1.51. The summed E-state index contributed by atoms with van der Waals surface area (Å²) >= 11 is 0. The van der Waals surface area contributed by atoms with Crippen molar-refractivity contribution >= 4 is 0 Å². The van der Waals surface area contributed by atoms with Gasteiger partial charge in [-0.2, -0.15) is 0 Å². The molecule has 1 radical (unpaired) electrons. The van der Waals surface area contributed by atoms with E-state index >= 15 is 0 Å². The molecule has 0 aromatic heterocycles. The van der Waals surface area contributed by atoms with Crippen molar-refractivity contribution in [1.29, 1.82) is 0 Å². The van der Waals surface area contributed by atoms with E-state index in [2.05, 4.69) is 6.07 Å². The Morgan fingerprint density at radius 3 is 2.78 bits per heavy atom. The van der Waals surface area contributed by atoms with E-state index in [1.165, 1.54) is 0 Å². The van der Waals surface area contributed by atoms with E-state index in [0.29, 0.717) is 0 Å². The average molecular weight is 120 g/mol. The second-order valence-corrected chi connectivity index (χ2v) is 2.13. The van der Waals surface area contributed by atoms with Crippen LogP contribution >= 0.6 is 0 Å². The first-order chi connectivity index (χ1) is 4.30. The summed E-state index contributed by atoms with van der Waals surface area (Å²) in [5.74, 6) is 0. The van der Waals surface area contributed by atoms with E-state index in [1.54, 1.807) is 0 Å². The first kappa shape index (κ1) is 6.30. The van der Waals surface area contributed by atoms with Crippen molar-refractivity contribution in [2.75, 3.05) is 0 Å². The topological polar surface area (TPSA) is 26.0 Å². The molecule has 0 aliphatic heterocycles. The minimum atomic E-state index is 0.127. The van der Waals surface area contributed by atoms with Crippen LogP contribution < -0.4 is 5.73 Å². The highest BCUT2D eigenvalue weighted by Gasteiger charge is 1.93. The van der Waals surface area contributed by atoms with Crippen LogP contribution in [0.4, 0.5) is 0 Å². The lowest BCUT2D eigenvalue weighted by Gasteiger charge is -2.01. The largest absolute Gasteiger partial charge is 0.324 e. The third kappa shape index (κ3) is 1.54. The van der Waals surface area contributed by atoms with Gasteiger partial charge in [0, 0.05) is 6.04 Å². The lowest BCUT2D eigenvalue weighted by Crippen LogP contribution is -2.03. The van der Waals surface area contributed by atoms with Crippen molar-refractivity contribution in [2.24, 2.45) is 5.73 Å². The van der Waals surface area contributed by atoms with Gasteiger partial charge in [0.2, 0.25) is 0 Å². The monoisotopic (exact) mass is 120 g/mol. The summed E-state index contributed by atoms with van der Waals surface area (Å²) in [6.07, 6.45) is 0. The zero-order valence-electron chi connectivity index (χ0n) is 5.46. The first-order valence-corrected chi connectivity index (χ1v) is 3.02. The molecule has 2 N–H and O–H groups in total. The maximum atomic E-state index is 5.59. The van der Waals surface area contributed by atoms with Crippen LogP contribution in [0.1, 0.15) is 18.5 Å². The molecule has 0 saturated heterocycles. The van der Waals surface area contributed by atoms with Gasteiger partial charge in [0.1, 0.15) is 0 Å². The molecule has 0 unspecified atom stereocenters. The second-order valence-electron chi connectivity index (χ2n) is 2.13. The molecule has 0 aliphatic rings. The molecule has 0 spiro atoms. The van der Waals surface area contributed by atoms with E-state index in [4.69, 9.17) is 5.73 Å². The van der Waals surface area contributed by atoms with Crippen LogP contribution in [0.25, 0.3) is 0 Å². The Morgan fingerprint density at radius 2 is 2.44 bits per heavy atom. The quantitative estimate of drug-likeness (QED) is 0.597. The molecule has 1 rings (SSSR count). The summed E-state index contributed by atoms with van der Waals surface area (Å²) in [7, 11) is 0. The SMILES string of the molecule is C[C@H](N)c1c[c]ccc1. The van der Waals surface area contributed by atoms with Gasteiger partial charge in [-0.05, 0) is 24.6 Å². The van der Waals surface area contributed by atoms with Gasteiger partial charge in [-0.25, -0.2) is 0 Å². The highest BCUT2D eigenvalue weighted by atomic mass is 14.6. The fourth-order valence-electron chi connectivity index (χ4n) is 0.690. The van der Waals surface area contributed by atoms with Crippen molar-refractivity contribution in [3.63, 3.8) is 0 Å². The van der Waals surface area contributed by atoms with E-state index in [9.17, 15) is 0 Å². The van der Waals surface area contributed by atoms with Gasteiger partial charge in [-0.1, -0.05) is 18.2 Å². The normalized spacial score (nSPS) is 13.1. The lowest BCUT2D eigenvalue weighted by atomic mass is 10.1. The Bertz CT molecular complexity index is 167. The number of nitrogens with two attached hydrogens (primary N) is 1. The molecule has 1 nitrogen and oxygen atoms in total. The van der Waals surface area contributed by atoms with Gasteiger partial charge in [0.25, 0.3) is 0 Å². The molecular formula is C8H10N. The molecule has 47 valence electrons. The smallest absolute Gasteiger partial charge is 0.0266 e. The summed E-state index contributed by atoms with van der Waals surface area (Å²) in [5, 5.41) is 0. The Morgan fingerprint density at radius 1 is 1.67 bits per heavy atom. The van der Waals surface area contributed by atoms with Crippen LogP contribution in [0.3, 0.4) is 0 Å². The Kier molecular flexibility index (Phi) is 1.85. The zero-order chi connectivity index (χ0) is 6.69. The fraction of sp³-hybridized carbons (Fsp3) is 0.250. The van der Waals surface area contributed by atoms with Crippen LogP contribution in [-0.4, -0.2) is 0 Å². The Hall–Kier alpha value is -0.820. The third-order valence-corrected chi connectivity index (χ3v) is 1.26. The minimum absolute atomic E-state index is 0.127. The second kappa shape index (κ2) is 2.65. The molecule has 1 atom stereocenters. The molecule has 0 amide bonds. The Balaban J connectivity index is 2.85. The van der Waals surface area contributed by atoms with E-state index in [-0.39, 0.29) is 6.04 Å². The first-order valence-electron chi connectivity index (χ1n) is 3.02. The number of hydrogen-bond donors (Lipinski definition) is 1. The summed E-state index contributed by atoms with van der Waals surface area (Å²) in [6.45, 7) is 1.96. The number of hydrogen-bond acceptors (Lipinski definition) is 1. The van der Waals surface area contributed by atoms with Gasteiger partial charge in [-0.3, -0.25) is 0 Å². The van der Waals surface area contributed by atoms with Gasteiger partial charge >= 0.3 is 0 Å². The highest BCUT2D eigenvalue weighted by Crippen LogP contribution is 2.05. The van der Waals surface area contributed by atoms with Gasteiger partial charge in [0.05, 0.1) is 0 Å². The molecule has 1 heteroatoms. The Labute approximate surface area is 55.5 Å². The van der Waals surface area contributed by atoms with E-state index in [1.807, 2.05) is 31.2 Å². The van der Waals surface area contributed by atoms with Crippen molar-refractivity contribution in [1.82, 2.24) is 0 Å². The van der Waals surface area contributed by atoms with E-state index < -0.39 is 0 Å². The molecule has 9 heavy (non-hydrogen) atoms. The van der Waals surface area contributed by atoms with Crippen LogP contribution in [0.15, 0.2) is 24.3 Å². The lowest BCUT2D eigenvalue weighted by molar-refractivity contribution is 0.818. The highest BCUT2D eigenvalue weighted by molar-refractivity contribution is 5.16. The summed E-state index contributed by atoms with van der Waals surface area (Å²) in [6, 6.07) is 10.8. The van der Waals surface area contributed by atoms with Crippen molar-refractivity contribution in [3.05, 3.63) is 35.9 Å². The zero-order valence-corrected chi connectivity index (χ0v) is 5.46. The molecular weight excluding hydrogens is 110 g/mol. The molecule has 1 aromatic rings. The van der Waals surface area contributed by atoms with Crippen molar-refractivity contribution in [2.45, 2.75) is 13.0 Å². The fourth-order valence-corrected chi connectivity index (χ4v) is 0.690. The number of benzene rings is 1. The molecule has 1 aromatic carbocycles. The molecule has 0 saturated carbocycles. The maximum absolute atomic E-state index is 5.59. The van der Waals surface area contributed by atoms with Gasteiger partial charge in [-0.15, -0.1) is 0 Å². The third-order valence-electron chi connectivity index (χ3n) is 1.26. The molecule has 0 aliphatic carbocycles.